The van der Waals surface area contributed by atoms with Gasteiger partial charge in [-0.1, -0.05) is 48.5 Å². The van der Waals surface area contributed by atoms with Gasteiger partial charge in [-0.2, -0.15) is 5.10 Å². The van der Waals surface area contributed by atoms with Crippen LogP contribution in [0.5, 0.6) is 5.75 Å². The molecule has 0 fully saturated rings. The third kappa shape index (κ3) is 5.51. The number of aryl methyl sites for hydroxylation is 1. The fourth-order valence-electron chi connectivity index (χ4n) is 4.23. The van der Waals surface area contributed by atoms with Crippen molar-refractivity contribution in [2.24, 2.45) is 0 Å². The summed E-state index contributed by atoms with van der Waals surface area (Å²) in [5.41, 5.74) is 3.02. The van der Waals surface area contributed by atoms with Crippen LogP contribution in [0.15, 0.2) is 90.1 Å². The van der Waals surface area contributed by atoms with Crippen molar-refractivity contribution >= 4 is 26.7 Å². The van der Waals surface area contributed by atoms with Crippen LogP contribution in [0.4, 0.5) is 5.95 Å². The molecule has 5 aromatic rings. The number of hydrogen-bond donors (Lipinski definition) is 3. The minimum Gasteiger partial charge on any atom is -0.508 e. The van der Waals surface area contributed by atoms with Gasteiger partial charge in [0, 0.05) is 48.5 Å². The summed E-state index contributed by atoms with van der Waals surface area (Å²) < 4.78 is 30.3. The van der Waals surface area contributed by atoms with E-state index in [1.54, 1.807) is 36.5 Å². The molecule has 0 aliphatic rings. The first-order valence-corrected chi connectivity index (χ1v) is 13.8. The Morgan fingerprint density at radius 1 is 0.974 bits per heavy atom. The van der Waals surface area contributed by atoms with Gasteiger partial charge in [-0.15, -0.1) is 0 Å². The highest BCUT2D eigenvalue weighted by Crippen LogP contribution is 2.31. The van der Waals surface area contributed by atoms with Crippen LogP contribution < -0.4 is 10.0 Å². The quantitative estimate of drug-likeness (QED) is 0.225. The molecule has 0 aliphatic carbocycles. The second-order valence-electron chi connectivity index (χ2n) is 8.72. The fourth-order valence-corrected chi connectivity index (χ4v) is 5.54. The van der Waals surface area contributed by atoms with Gasteiger partial charge in [-0.05, 0) is 43.0 Å². The van der Waals surface area contributed by atoms with Crippen molar-refractivity contribution in [1.82, 2.24) is 24.5 Å². The summed E-state index contributed by atoms with van der Waals surface area (Å²) in [6.07, 6.45) is 4.14. The van der Waals surface area contributed by atoms with Gasteiger partial charge < -0.3 is 10.4 Å². The number of hydrogen-bond acceptors (Lipinski definition) is 7. The molecule has 0 spiro atoms. The molecule has 38 heavy (non-hydrogen) atoms. The van der Waals surface area contributed by atoms with Crippen LogP contribution in [0.2, 0.25) is 0 Å². The van der Waals surface area contributed by atoms with E-state index in [0.29, 0.717) is 36.5 Å². The van der Waals surface area contributed by atoms with E-state index in [4.69, 9.17) is 0 Å². The predicted octanol–water partition coefficient (Wildman–Crippen LogP) is 4.67. The Morgan fingerprint density at radius 2 is 1.79 bits per heavy atom. The Morgan fingerprint density at radius 3 is 2.63 bits per heavy atom. The molecule has 10 heteroatoms. The Labute approximate surface area is 221 Å². The Kier molecular flexibility index (Phi) is 7.34. The number of nitrogens with one attached hydrogen (secondary N) is 2. The highest BCUT2D eigenvalue weighted by molar-refractivity contribution is 7.89. The molecule has 2 aromatic heterocycles. The third-order valence-electron chi connectivity index (χ3n) is 6.10. The summed E-state index contributed by atoms with van der Waals surface area (Å²) in [6, 6.07) is 21.5. The second kappa shape index (κ2) is 11.0. The molecule has 9 nitrogen and oxygen atoms in total. The molecule has 3 N–H and O–H groups in total. The number of rotatable bonds is 10. The Hall–Kier alpha value is -4.28. The maximum atomic E-state index is 12.9. The predicted molar refractivity (Wildman–Crippen MR) is 148 cm³/mol. The Bertz CT molecular complexity index is 1680. The third-order valence-corrected chi connectivity index (χ3v) is 7.62. The topological polar surface area (TPSA) is 122 Å². The van der Waals surface area contributed by atoms with Crippen molar-refractivity contribution in [3.63, 3.8) is 0 Å². The fraction of sp³-hybridized carbons (Fsp3) is 0.179. The number of aromatic nitrogens is 4. The molecule has 0 unspecified atom stereocenters. The number of sulfonamides is 1. The SMILES string of the molecule is CCn1cc(-c2ccnc(NCCCNS(=O)(=O)c3cccc4ccccc34)n2)c(-c2cccc(O)c2)n1. The molecule has 5 rings (SSSR count). The first-order valence-electron chi connectivity index (χ1n) is 12.4. The molecule has 0 aliphatic heterocycles. The van der Waals surface area contributed by atoms with E-state index in [-0.39, 0.29) is 17.2 Å². The van der Waals surface area contributed by atoms with E-state index >= 15 is 0 Å². The highest BCUT2D eigenvalue weighted by atomic mass is 32.2. The molecule has 2 heterocycles. The first-order chi connectivity index (χ1) is 18.4. The lowest BCUT2D eigenvalue weighted by Crippen LogP contribution is -2.26. The van der Waals surface area contributed by atoms with Gasteiger partial charge in [0.05, 0.1) is 10.6 Å². The van der Waals surface area contributed by atoms with Gasteiger partial charge in [0.2, 0.25) is 16.0 Å². The maximum absolute atomic E-state index is 12.9. The van der Waals surface area contributed by atoms with E-state index in [9.17, 15) is 13.5 Å². The molecule has 0 bridgehead atoms. The monoisotopic (exact) mass is 528 g/mol. The summed E-state index contributed by atoms with van der Waals surface area (Å²) in [5.74, 6) is 0.603. The normalized spacial score (nSPS) is 11.6. The molecule has 0 saturated carbocycles. The number of fused-ring (bicyclic) bond motifs is 1. The van der Waals surface area contributed by atoms with E-state index in [1.807, 2.05) is 60.3 Å². The van der Waals surface area contributed by atoms with Crippen molar-refractivity contribution in [2.75, 3.05) is 18.4 Å². The standard InChI is InChI=1S/C28H28N6O3S/c1-2-34-19-24(27(33-34)21-10-5-11-22(35)18-21)25-14-17-30-28(32-25)29-15-7-16-31-38(36,37)26-13-6-9-20-8-3-4-12-23(20)26/h3-6,8-14,17-19,31,35H,2,7,15-16H2,1H3,(H,29,30,32). The van der Waals surface area contributed by atoms with Crippen LogP contribution in [0.1, 0.15) is 13.3 Å². The van der Waals surface area contributed by atoms with Crippen molar-refractivity contribution in [3.8, 4) is 28.3 Å². The van der Waals surface area contributed by atoms with Crippen molar-refractivity contribution in [3.05, 3.63) is 85.2 Å². The lowest BCUT2D eigenvalue weighted by atomic mass is 10.1. The van der Waals surface area contributed by atoms with Crippen LogP contribution >= 0.6 is 0 Å². The van der Waals surface area contributed by atoms with Crippen LogP contribution in [-0.4, -0.2) is 46.4 Å². The number of phenols is 1. The van der Waals surface area contributed by atoms with Crippen LogP contribution in [0.3, 0.4) is 0 Å². The molecule has 194 valence electrons. The number of benzene rings is 3. The molecule has 0 radical (unpaired) electrons. The summed E-state index contributed by atoms with van der Waals surface area (Å²) in [7, 11) is -3.65. The zero-order chi connectivity index (χ0) is 26.5. The van der Waals surface area contributed by atoms with E-state index in [1.165, 1.54) is 0 Å². The number of aromatic hydroxyl groups is 1. The average molecular weight is 529 g/mol. The Balaban J connectivity index is 1.24. The van der Waals surface area contributed by atoms with Gasteiger partial charge >= 0.3 is 0 Å². The summed E-state index contributed by atoms with van der Waals surface area (Å²) in [6.45, 7) is 3.44. The summed E-state index contributed by atoms with van der Waals surface area (Å²) in [4.78, 5) is 9.23. The largest absolute Gasteiger partial charge is 0.508 e. The summed E-state index contributed by atoms with van der Waals surface area (Å²) in [5, 5.41) is 19.3. The molecule has 0 saturated heterocycles. The number of phenolic OH excluding ortho intramolecular Hbond substituents is 1. The molecular formula is C28H28N6O3S. The number of anilines is 1. The van der Waals surface area contributed by atoms with E-state index in [0.717, 1.165) is 22.2 Å². The first kappa shape index (κ1) is 25.4. The minimum absolute atomic E-state index is 0.167. The highest BCUT2D eigenvalue weighted by Gasteiger charge is 2.17. The van der Waals surface area contributed by atoms with Crippen molar-refractivity contribution in [2.45, 2.75) is 24.8 Å². The molecule has 0 atom stereocenters. The van der Waals surface area contributed by atoms with Gasteiger partial charge in [0.15, 0.2) is 0 Å². The van der Waals surface area contributed by atoms with Gasteiger partial charge in [0.25, 0.3) is 0 Å². The van der Waals surface area contributed by atoms with Gasteiger partial charge in [-0.3, -0.25) is 4.68 Å². The zero-order valence-electron chi connectivity index (χ0n) is 20.9. The number of nitrogens with zero attached hydrogens (tertiary/aromatic N) is 4. The molecule has 3 aromatic carbocycles. The zero-order valence-corrected chi connectivity index (χ0v) is 21.7. The van der Waals surface area contributed by atoms with Crippen LogP contribution in [0.25, 0.3) is 33.3 Å². The van der Waals surface area contributed by atoms with Crippen molar-refractivity contribution < 1.29 is 13.5 Å². The van der Waals surface area contributed by atoms with Gasteiger partial charge in [0.1, 0.15) is 11.4 Å². The molecular weight excluding hydrogens is 500 g/mol. The second-order valence-corrected chi connectivity index (χ2v) is 10.5. The summed E-state index contributed by atoms with van der Waals surface area (Å²) >= 11 is 0. The lowest BCUT2D eigenvalue weighted by molar-refractivity contribution is 0.475. The maximum Gasteiger partial charge on any atom is 0.241 e. The van der Waals surface area contributed by atoms with Crippen LogP contribution in [0, 0.1) is 0 Å². The van der Waals surface area contributed by atoms with E-state index in [2.05, 4.69) is 25.1 Å². The van der Waals surface area contributed by atoms with Gasteiger partial charge in [-0.25, -0.2) is 23.1 Å². The lowest BCUT2D eigenvalue weighted by Gasteiger charge is -2.10. The molecule has 0 amide bonds. The average Bonchev–Trinajstić information content (AvgIpc) is 3.37. The van der Waals surface area contributed by atoms with Crippen molar-refractivity contribution in [1.29, 1.82) is 0 Å². The minimum atomic E-state index is -3.65. The van der Waals surface area contributed by atoms with Crippen LogP contribution in [-0.2, 0) is 16.6 Å². The smallest absolute Gasteiger partial charge is 0.241 e. The van der Waals surface area contributed by atoms with E-state index < -0.39 is 10.0 Å².